The van der Waals surface area contributed by atoms with Crippen LogP contribution in [0.1, 0.15) is 0 Å². The highest BCUT2D eigenvalue weighted by atomic mass is 32.5. The van der Waals surface area contributed by atoms with E-state index in [0.717, 1.165) is 0 Å². The Morgan fingerprint density at radius 3 is 0.604 bits per heavy atom. The summed E-state index contributed by atoms with van der Waals surface area (Å²) in [7, 11) is -13.9. The minimum Gasteiger partial charge on any atom is -0.477 e. The van der Waals surface area contributed by atoms with E-state index in [1.165, 1.54) is 0 Å². The van der Waals surface area contributed by atoms with Crippen LogP contribution in [0.3, 0.4) is 0 Å². The van der Waals surface area contributed by atoms with Crippen LogP contribution < -0.4 is 0 Å². The first-order valence-electron chi connectivity index (χ1n) is 9.57. The van der Waals surface area contributed by atoms with Gasteiger partial charge in [-0.15, -0.1) is 0 Å². The van der Waals surface area contributed by atoms with Crippen molar-refractivity contribution in [2.75, 3.05) is 0 Å². The van der Waals surface area contributed by atoms with Crippen molar-refractivity contribution >= 4 is 16.2 Å². The smallest absolute Gasteiger partial charge is 0.450 e. The summed E-state index contributed by atoms with van der Waals surface area (Å²) < 4.78 is 408. The highest BCUT2D eigenvalue weighted by Gasteiger charge is 3.03. The van der Waals surface area contributed by atoms with Gasteiger partial charge in [0.05, 0.1) is 0 Å². The lowest BCUT2D eigenvalue weighted by Crippen LogP contribution is -2.79. The molecular formula is C14HF31O2S. The largest absolute Gasteiger partial charge is 0.477 e. The molecule has 48 heavy (non-hydrogen) atoms. The first-order chi connectivity index (χ1) is 19.7. The van der Waals surface area contributed by atoms with Gasteiger partial charge in [-0.2, -0.15) is 114 Å². The van der Waals surface area contributed by atoms with Crippen molar-refractivity contribution in [2.24, 2.45) is 0 Å². The maximum Gasteiger partial charge on any atom is 0.450 e. The third-order valence-corrected chi connectivity index (χ3v) is 6.68. The molecule has 2 nitrogen and oxygen atoms in total. The summed E-state index contributed by atoms with van der Waals surface area (Å²) in [5.41, 5.74) is 0. The Hall–Kier alpha value is -2.35. The van der Waals surface area contributed by atoms with Crippen LogP contribution in [-0.4, -0.2) is 87.4 Å². The van der Waals surface area contributed by atoms with Crippen LogP contribution in [-0.2, 0) is 4.79 Å². The molecule has 34 heteroatoms. The normalized spacial score (nSPS) is 18.4. The Bertz CT molecular complexity index is 1270. The van der Waals surface area contributed by atoms with Gasteiger partial charge in [-0.1, -0.05) is 19.4 Å². The second kappa shape index (κ2) is 9.70. The van der Waals surface area contributed by atoms with E-state index in [2.05, 4.69) is 0 Å². The maximum atomic E-state index is 13.6. The van der Waals surface area contributed by atoms with Crippen LogP contribution in [0.15, 0.2) is 0 Å². The zero-order valence-electron chi connectivity index (χ0n) is 20.0. The minimum atomic E-state index is -13.9. The highest BCUT2D eigenvalue weighted by Crippen LogP contribution is 3.06. The van der Waals surface area contributed by atoms with Gasteiger partial charge in [-0.05, 0) is 0 Å². The SMILES string of the molecule is O=C(O)C(F)(F)C(F)(F)C(F)(F)C(F)(F)C(F)(F)C(F)(F)C(F)(F)C(F)(F)C(F)(F)C(F)(F)C(F)(F)C(F)(F)C(F)(F)S(F)(F)(F)(F)F. The van der Waals surface area contributed by atoms with Gasteiger partial charge in [0.25, 0.3) is 0 Å². The molecule has 0 bridgehead atoms. The zero-order chi connectivity index (χ0) is 40.5. The van der Waals surface area contributed by atoms with Crippen LogP contribution in [0.4, 0.5) is 134 Å². The number of halogens is 31. The third kappa shape index (κ3) is 4.95. The first kappa shape index (κ1) is 45.6. The number of rotatable bonds is 14. The van der Waals surface area contributed by atoms with E-state index in [0.29, 0.717) is 0 Å². The summed E-state index contributed by atoms with van der Waals surface area (Å²) >= 11 is 0. The predicted molar refractivity (Wildman–Crippen MR) is 85.1 cm³/mol. The number of carboxylic acids is 1. The van der Waals surface area contributed by atoms with Gasteiger partial charge < -0.3 is 5.11 Å². The number of carbonyl (C=O) groups is 1. The molecule has 0 radical (unpaired) electrons. The number of hydrogen-bond donors (Lipinski definition) is 1. The van der Waals surface area contributed by atoms with Crippen LogP contribution >= 0.6 is 10.2 Å². The van der Waals surface area contributed by atoms with Crippen LogP contribution in [0, 0.1) is 0 Å². The lowest BCUT2D eigenvalue weighted by Gasteiger charge is -2.51. The summed E-state index contributed by atoms with van der Waals surface area (Å²) in [5, 5.41) is -2.53. The molecule has 0 unspecified atom stereocenters. The molecule has 0 aliphatic heterocycles. The maximum absolute atomic E-state index is 13.9. The standard InChI is InChI=1S/C14HF31O2S/c15-2(16,1(46)47)3(17,18)4(19,20)5(21,22)6(23,24)7(25,26)8(27,28)9(29,30)10(31,32)11(33,34)12(35,36)13(37,38)14(39,40)48(41,42,43,44)45/h(H,46,47). The van der Waals surface area contributed by atoms with E-state index < -0.39 is 92.5 Å². The van der Waals surface area contributed by atoms with Crippen molar-refractivity contribution in [1.29, 1.82) is 0 Å². The Kier molecular flexibility index (Phi) is 9.23. The van der Waals surface area contributed by atoms with Gasteiger partial charge in [0.15, 0.2) is 0 Å². The first-order valence-corrected chi connectivity index (χ1v) is 11.5. The fourth-order valence-corrected chi connectivity index (χ4v) is 3.14. The van der Waals surface area contributed by atoms with Crippen LogP contribution in [0.2, 0.25) is 0 Å². The molecule has 0 aromatic carbocycles. The van der Waals surface area contributed by atoms with E-state index in [1.54, 1.807) is 0 Å². The Labute approximate surface area is 237 Å². The average Bonchev–Trinajstić information content (AvgIpc) is 2.80. The number of hydrogen-bond acceptors (Lipinski definition) is 1. The molecule has 0 saturated carbocycles. The highest BCUT2D eigenvalue weighted by molar-refractivity contribution is 8.46. The van der Waals surface area contributed by atoms with Crippen molar-refractivity contribution < 1.29 is 143 Å². The van der Waals surface area contributed by atoms with Gasteiger partial charge in [0.1, 0.15) is 0 Å². The zero-order valence-corrected chi connectivity index (χ0v) is 20.8. The fourth-order valence-electron chi connectivity index (χ4n) is 2.53. The summed E-state index contributed by atoms with van der Waals surface area (Å²) in [6, 6.07) is 0. The number of alkyl halides is 26. The molecule has 0 aromatic rings. The molecule has 292 valence electrons. The Morgan fingerprint density at radius 1 is 0.312 bits per heavy atom. The van der Waals surface area contributed by atoms with Crippen molar-refractivity contribution in [2.45, 2.75) is 76.3 Å². The Balaban J connectivity index is 7.71. The monoisotopic (exact) mass is 822 g/mol. The molecule has 1 N–H and O–H groups in total. The van der Waals surface area contributed by atoms with Crippen molar-refractivity contribution in [3.05, 3.63) is 0 Å². The van der Waals surface area contributed by atoms with Crippen molar-refractivity contribution in [1.82, 2.24) is 0 Å². The lowest BCUT2D eigenvalue weighted by atomic mass is 9.84. The lowest BCUT2D eigenvalue weighted by molar-refractivity contribution is -0.480. The summed E-state index contributed by atoms with van der Waals surface area (Å²) in [4.78, 5) is 9.91. The van der Waals surface area contributed by atoms with Gasteiger partial charge in [-0.25, -0.2) is 4.79 Å². The van der Waals surface area contributed by atoms with Gasteiger partial charge in [0.2, 0.25) is 0 Å². The molecule has 0 aliphatic carbocycles. The second-order valence-corrected chi connectivity index (χ2v) is 11.1. The molecular weight excluding hydrogens is 821 g/mol. The van der Waals surface area contributed by atoms with E-state index in [-0.39, 0.29) is 0 Å². The van der Waals surface area contributed by atoms with Crippen molar-refractivity contribution in [3.8, 4) is 0 Å². The van der Waals surface area contributed by atoms with Gasteiger partial charge in [0, 0.05) is 0 Å². The van der Waals surface area contributed by atoms with E-state index >= 15 is 0 Å². The molecule has 0 aliphatic rings. The minimum absolute atomic E-state index is 4.81. The topological polar surface area (TPSA) is 37.3 Å². The van der Waals surface area contributed by atoms with Gasteiger partial charge in [-0.3, -0.25) is 0 Å². The number of carboxylic acid groups (broad SMARTS) is 1. The molecule has 0 rings (SSSR count). The fraction of sp³-hybridized carbons (Fsp3) is 0.929. The number of aliphatic carboxylic acids is 1. The van der Waals surface area contributed by atoms with E-state index in [4.69, 9.17) is 5.11 Å². The summed E-state index contributed by atoms with van der Waals surface area (Å²) in [6.45, 7) is 0. The molecule has 0 fully saturated rings. The van der Waals surface area contributed by atoms with E-state index in [9.17, 15) is 138 Å². The molecule has 0 atom stereocenters. The van der Waals surface area contributed by atoms with Crippen LogP contribution in [0.5, 0.6) is 0 Å². The molecule has 0 amide bonds. The van der Waals surface area contributed by atoms with Crippen molar-refractivity contribution in [3.63, 3.8) is 0 Å². The van der Waals surface area contributed by atoms with E-state index in [1.807, 2.05) is 0 Å². The summed E-state index contributed by atoms with van der Waals surface area (Å²) in [5.74, 6) is -122. The van der Waals surface area contributed by atoms with Gasteiger partial charge >= 0.3 is 92.5 Å². The average molecular weight is 822 g/mol. The summed E-state index contributed by atoms with van der Waals surface area (Å²) in [6.07, 6.45) is 0. The Morgan fingerprint density at radius 2 is 0.458 bits per heavy atom. The van der Waals surface area contributed by atoms with Crippen LogP contribution in [0.25, 0.3) is 0 Å². The molecule has 0 saturated heterocycles. The predicted octanol–water partition coefficient (Wildman–Crippen LogP) is 10.6. The quantitative estimate of drug-likeness (QED) is 0.177. The molecule has 0 heterocycles. The third-order valence-electron chi connectivity index (χ3n) is 5.46. The molecule has 0 aromatic heterocycles. The molecule has 0 spiro atoms. The second-order valence-electron chi connectivity index (χ2n) is 8.68.